The van der Waals surface area contributed by atoms with E-state index in [0.717, 1.165) is 18.4 Å². The van der Waals surface area contributed by atoms with Gasteiger partial charge in [-0.25, -0.2) is 4.39 Å². The molecule has 2 unspecified atom stereocenters. The van der Waals surface area contributed by atoms with Crippen molar-refractivity contribution in [1.29, 1.82) is 0 Å². The predicted octanol–water partition coefficient (Wildman–Crippen LogP) is 3.40. The van der Waals surface area contributed by atoms with Gasteiger partial charge in [0, 0.05) is 6.04 Å². The summed E-state index contributed by atoms with van der Waals surface area (Å²) in [5.74, 6) is 0.131. The second-order valence-electron chi connectivity index (χ2n) is 4.27. The minimum absolute atomic E-state index is 0.195. The molecule has 0 aliphatic rings. The van der Waals surface area contributed by atoms with Crippen LogP contribution in [0.5, 0.6) is 0 Å². The van der Waals surface area contributed by atoms with Crippen molar-refractivity contribution >= 4 is 11.6 Å². The molecule has 3 heteroatoms. The standard InChI is InChI=1S/C12H17ClFN/c1-8(5-9(2)15)6-10-3-4-12(14)11(13)7-10/h3-4,7-9H,5-6,15H2,1-2H3. The highest BCUT2D eigenvalue weighted by molar-refractivity contribution is 6.30. The van der Waals surface area contributed by atoms with Gasteiger partial charge in [-0.05, 0) is 43.4 Å². The van der Waals surface area contributed by atoms with Crippen LogP contribution in [0.4, 0.5) is 4.39 Å². The van der Waals surface area contributed by atoms with Gasteiger partial charge < -0.3 is 5.73 Å². The Hall–Kier alpha value is -0.600. The second-order valence-corrected chi connectivity index (χ2v) is 4.68. The van der Waals surface area contributed by atoms with Gasteiger partial charge in [0.1, 0.15) is 5.82 Å². The molecule has 84 valence electrons. The van der Waals surface area contributed by atoms with E-state index in [2.05, 4.69) is 6.92 Å². The molecule has 2 N–H and O–H groups in total. The highest BCUT2D eigenvalue weighted by Crippen LogP contribution is 2.19. The van der Waals surface area contributed by atoms with Gasteiger partial charge in [-0.15, -0.1) is 0 Å². The number of hydrogen-bond donors (Lipinski definition) is 1. The first-order chi connectivity index (χ1) is 6.99. The van der Waals surface area contributed by atoms with Crippen LogP contribution in [0.15, 0.2) is 18.2 Å². The topological polar surface area (TPSA) is 26.0 Å². The van der Waals surface area contributed by atoms with Crippen LogP contribution in [0.1, 0.15) is 25.8 Å². The first-order valence-corrected chi connectivity index (χ1v) is 5.56. The monoisotopic (exact) mass is 229 g/mol. The Bertz CT molecular complexity index is 325. The zero-order valence-electron chi connectivity index (χ0n) is 9.13. The Kier molecular flexibility index (Phi) is 4.55. The maximum absolute atomic E-state index is 12.9. The Morgan fingerprint density at radius 2 is 2.07 bits per heavy atom. The Morgan fingerprint density at radius 1 is 1.40 bits per heavy atom. The summed E-state index contributed by atoms with van der Waals surface area (Å²) in [7, 11) is 0. The van der Waals surface area contributed by atoms with Gasteiger partial charge in [0.05, 0.1) is 5.02 Å². The third-order valence-electron chi connectivity index (χ3n) is 2.34. The average Bonchev–Trinajstić information content (AvgIpc) is 2.10. The van der Waals surface area contributed by atoms with Crippen molar-refractivity contribution in [2.24, 2.45) is 11.7 Å². The van der Waals surface area contributed by atoms with Crippen molar-refractivity contribution in [1.82, 2.24) is 0 Å². The Morgan fingerprint density at radius 3 is 2.60 bits per heavy atom. The quantitative estimate of drug-likeness (QED) is 0.842. The van der Waals surface area contributed by atoms with E-state index >= 15 is 0 Å². The largest absolute Gasteiger partial charge is 0.328 e. The molecule has 0 saturated carbocycles. The summed E-state index contributed by atoms with van der Waals surface area (Å²) in [4.78, 5) is 0. The van der Waals surface area contributed by atoms with Crippen LogP contribution in [-0.4, -0.2) is 6.04 Å². The molecule has 0 aliphatic heterocycles. The van der Waals surface area contributed by atoms with Crippen molar-refractivity contribution in [2.75, 3.05) is 0 Å². The summed E-state index contributed by atoms with van der Waals surface area (Å²) < 4.78 is 12.9. The lowest BCUT2D eigenvalue weighted by Crippen LogP contribution is -2.19. The van der Waals surface area contributed by atoms with Gasteiger partial charge in [-0.2, -0.15) is 0 Å². The van der Waals surface area contributed by atoms with E-state index in [1.165, 1.54) is 6.07 Å². The van der Waals surface area contributed by atoms with E-state index in [1.807, 2.05) is 6.92 Å². The maximum Gasteiger partial charge on any atom is 0.141 e. The molecule has 0 fully saturated rings. The van der Waals surface area contributed by atoms with Crippen LogP contribution in [0, 0.1) is 11.7 Å². The first-order valence-electron chi connectivity index (χ1n) is 5.18. The lowest BCUT2D eigenvalue weighted by molar-refractivity contribution is 0.479. The minimum Gasteiger partial charge on any atom is -0.328 e. The van der Waals surface area contributed by atoms with E-state index in [0.29, 0.717) is 5.92 Å². The van der Waals surface area contributed by atoms with Crippen LogP contribution in [0.25, 0.3) is 0 Å². The Balaban J connectivity index is 2.60. The van der Waals surface area contributed by atoms with Crippen molar-refractivity contribution in [3.8, 4) is 0 Å². The fraction of sp³-hybridized carbons (Fsp3) is 0.500. The molecule has 0 radical (unpaired) electrons. The molecular weight excluding hydrogens is 213 g/mol. The number of benzene rings is 1. The van der Waals surface area contributed by atoms with Crippen LogP contribution < -0.4 is 5.73 Å². The average molecular weight is 230 g/mol. The number of rotatable bonds is 4. The van der Waals surface area contributed by atoms with E-state index < -0.39 is 0 Å². The molecule has 0 spiro atoms. The molecule has 0 aromatic heterocycles. The lowest BCUT2D eigenvalue weighted by atomic mass is 9.95. The summed E-state index contributed by atoms with van der Waals surface area (Å²) in [6.45, 7) is 4.13. The minimum atomic E-state index is -0.361. The zero-order chi connectivity index (χ0) is 11.4. The summed E-state index contributed by atoms with van der Waals surface area (Å²) >= 11 is 5.70. The molecule has 0 saturated heterocycles. The van der Waals surface area contributed by atoms with Gasteiger partial charge in [0.15, 0.2) is 0 Å². The van der Waals surface area contributed by atoms with Gasteiger partial charge in [-0.1, -0.05) is 24.6 Å². The third kappa shape index (κ3) is 4.18. The third-order valence-corrected chi connectivity index (χ3v) is 2.63. The van der Waals surface area contributed by atoms with E-state index in [9.17, 15) is 4.39 Å². The van der Waals surface area contributed by atoms with Crippen molar-refractivity contribution < 1.29 is 4.39 Å². The van der Waals surface area contributed by atoms with Crippen LogP contribution in [0.3, 0.4) is 0 Å². The van der Waals surface area contributed by atoms with Gasteiger partial charge in [0.2, 0.25) is 0 Å². The van der Waals surface area contributed by atoms with E-state index in [1.54, 1.807) is 12.1 Å². The lowest BCUT2D eigenvalue weighted by Gasteiger charge is -2.14. The van der Waals surface area contributed by atoms with Crippen molar-refractivity contribution in [3.05, 3.63) is 34.6 Å². The number of hydrogen-bond acceptors (Lipinski definition) is 1. The number of nitrogens with two attached hydrogens (primary N) is 1. The SMILES string of the molecule is CC(N)CC(C)Cc1ccc(F)c(Cl)c1. The second kappa shape index (κ2) is 5.47. The molecule has 1 aromatic carbocycles. The molecule has 1 aromatic rings. The van der Waals surface area contributed by atoms with Crippen LogP contribution >= 0.6 is 11.6 Å². The molecule has 1 rings (SSSR count). The van der Waals surface area contributed by atoms with Crippen LogP contribution in [0.2, 0.25) is 5.02 Å². The molecule has 15 heavy (non-hydrogen) atoms. The number of halogens is 2. The van der Waals surface area contributed by atoms with Gasteiger partial charge >= 0.3 is 0 Å². The highest BCUT2D eigenvalue weighted by Gasteiger charge is 2.08. The zero-order valence-corrected chi connectivity index (χ0v) is 9.89. The van der Waals surface area contributed by atoms with E-state index in [-0.39, 0.29) is 16.9 Å². The maximum atomic E-state index is 12.9. The van der Waals surface area contributed by atoms with E-state index in [4.69, 9.17) is 17.3 Å². The van der Waals surface area contributed by atoms with Gasteiger partial charge in [-0.3, -0.25) is 0 Å². The van der Waals surface area contributed by atoms with Crippen molar-refractivity contribution in [3.63, 3.8) is 0 Å². The molecule has 2 atom stereocenters. The van der Waals surface area contributed by atoms with Gasteiger partial charge in [0.25, 0.3) is 0 Å². The summed E-state index contributed by atoms with van der Waals surface area (Å²) in [6.07, 6.45) is 1.86. The molecule has 0 heterocycles. The fourth-order valence-corrected chi connectivity index (χ4v) is 1.99. The summed E-state index contributed by atoms with van der Waals surface area (Å²) in [5, 5.41) is 0.195. The van der Waals surface area contributed by atoms with Crippen molar-refractivity contribution in [2.45, 2.75) is 32.7 Å². The molecule has 1 nitrogen and oxygen atoms in total. The first kappa shape index (κ1) is 12.5. The fourth-order valence-electron chi connectivity index (χ4n) is 1.79. The molecular formula is C12H17ClFN. The van der Waals surface area contributed by atoms with Crippen LogP contribution in [-0.2, 0) is 6.42 Å². The molecule has 0 aliphatic carbocycles. The normalized spacial score (nSPS) is 15.0. The smallest absolute Gasteiger partial charge is 0.141 e. The summed E-state index contributed by atoms with van der Waals surface area (Å²) in [5.41, 5.74) is 6.78. The molecule has 0 amide bonds. The highest BCUT2D eigenvalue weighted by atomic mass is 35.5. The molecule has 0 bridgehead atoms. The summed E-state index contributed by atoms with van der Waals surface area (Å²) in [6, 6.07) is 5.08. The Labute approximate surface area is 95.4 Å². The predicted molar refractivity (Wildman–Crippen MR) is 62.5 cm³/mol.